The van der Waals surface area contributed by atoms with Gasteiger partial charge in [0.1, 0.15) is 0 Å². The minimum atomic E-state index is -0.387. The number of nitrogens with zero attached hydrogens (tertiary/aromatic N) is 4. The normalized spacial score (nSPS) is 9.94. The number of carbonyl (C=O) groups is 1. The molecule has 7 nitrogen and oxygen atoms in total. The lowest BCUT2D eigenvalue weighted by molar-refractivity contribution is 0.0953. The molecule has 0 bridgehead atoms. The van der Waals surface area contributed by atoms with Crippen molar-refractivity contribution in [1.29, 1.82) is 0 Å². The van der Waals surface area contributed by atoms with Crippen LogP contribution in [0.4, 0.5) is 0 Å². The van der Waals surface area contributed by atoms with Crippen LogP contribution >= 0.6 is 0 Å². The van der Waals surface area contributed by atoms with Gasteiger partial charge >= 0.3 is 0 Å². The second-order valence-corrected chi connectivity index (χ2v) is 3.13. The highest BCUT2D eigenvalue weighted by Gasteiger charge is 2.02. The van der Waals surface area contributed by atoms with E-state index in [1.165, 1.54) is 6.20 Å². The Hall–Kier alpha value is -2.37. The third-order valence-corrected chi connectivity index (χ3v) is 1.92. The van der Waals surface area contributed by atoms with Crippen molar-refractivity contribution in [2.45, 2.75) is 6.42 Å². The summed E-state index contributed by atoms with van der Waals surface area (Å²) in [6, 6.07) is 1.67. The lowest BCUT2D eigenvalue weighted by Crippen LogP contribution is -2.30. The second kappa shape index (κ2) is 7.00. The van der Waals surface area contributed by atoms with Crippen LogP contribution in [-0.2, 0) is 0 Å². The fraction of sp³-hybridized carbons (Fsp3) is 0.200. The van der Waals surface area contributed by atoms with Crippen molar-refractivity contribution in [3.63, 3.8) is 0 Å². The van der Waals surface area contributed by atoms with Crippen molar-refractivity contribution in [2.24, 2.45) is 11.0 Å². The van der Waals surface area contributed by atoms with Gasteiger partial charge in [0.25, 0.3) is 5.91 Å². The van der Waals surface area contributed by atoms with E-state index in [4.69, 9.17) is 11.4 Å². The first-order chi connectivity index (χ1) is 8.27. The number of nitrogen functional groups attached to an aromatic ring is 1. The summed E-state index contributed by atoms with van der Waals surface area (Å²) in [5, 5.41) is 3.40. The van der Waals surface area contributed by atoms with Crippen LogP contribution in [0.15, 0.2) is 29.7 Å². The zero-order valence-corrected chi connectivity index (χ0v) is 9.08. The number of amides is 1. The van der Waals surface area contributed by atoms with E-state index in [1.54, 1.807) is 18.3 Å². The maximum Gasteiger partial charge on any atom is 0.266 e. The van der Waals surface area contributed by atoms with Gasteiger partial charge in [-0.2, -0.15) is 0 Å². The fourth-order valence-electron chi connectivity index (χ4n) is 1.15. The number of hydrogen-bond acceptors (Lipinski definition) is 4. The van der Waals surface area contributed by atoms with Crippen molar-refractivity contribution >= 4 is 12.0 Å². The Bertz CT molecular complexity index is 464. The van der Waals surface area contributed by atoms with Crippen molar-refractivity contribution in [2.75, 3.05) is 6.54 Å². The molecule has 0 radical (unpaired) electrons. The topological polar surface area (TPSA) is 117 Å². The second-order valence-electron chi connectivity index (χ2n) is 3.13. The largest absolute Gasteiger partial charge is 0.290 e. The van der Waals surface area contributed by atoms with Crippen LogP contribution in [-0.4, -0.2) is 17.4 Å². The van der Waals surface area contributed by atoms with Gasteiger partial charge in [-0.15, -0.1) is 0 Å². The number of nitrogens with one attached hydrogen (secondary N) is 1. The number of pyridine rings is 1. The van der Waals surface area contributed by atoms with E-state index < -0.39 is 0 Å². The fourth-order valence-corrected chi connectivity index (χ4v) is 1.15. The van der Waals surface area contributed by atoms with E-state index in [0.29, 0.717) is 18.5 Å². The molecule has 0 unspecified atom stereocenters. The molecule has 1 aromatic heterocycles. The van der Waals surface area contributed by atoms with Crippen molar-refractivity contribution in [3.8, 4) is 0 Å². The summed E-state index contributed by atoms with van der Waals surface area (Å²) in [6.07, 6.45) is 7.33. The van der Waals surface area contributed by atoms with E-state index in [0.717, 1.165) is 5.56 Å². The number of hydrazine groups is 1. The average molecular weight is 232 g/mol. The number of nitrogens with two attached hydrogens (primary N) is 1. The molecule has 0 aliphatic rings. The summed E-state index contributed by atoms with van der Waals surface area (Å²) in [7, 11) is 0. The van der Waals surface area contributed by atoms with Crippen LogP contribution in [0.3, 0.4) is 0 Å². The van der Waals surface area contributed by atoms with E-state index in [1.807, 2.05) is 11.5 Å². The zero-order valence-electron chi connectivity index (χ0n) is 9.08. The maximum absolute atomic E-state index is 11.2. The Morgan fingerprint density at radius 3 is 3.18 bits per heavy atom. The first-order valence-corrected chi connectivity index (χ1v) is 4.91. The molecule has 0 aromatic carbocycles. The molecule has 1 aromatic rings. The lowest BCUT2D eigenvalue weighted by atomic mass is 10.2. The van der Waals surface area contributed by atoms with Crippen LogP contribution in [0.2, 0.25) is 0 Å². The number of rotatable bonds is 5. The van der Waals surface area contributed by atoms with E-state index in [2.05, 4.69) is 15.0 Å². The summed E-state index contributed by atoms with van der Waals surface area (Å²) in [5.74, 6) is 4.63. The maximum atomic E-state index is 11.2. The van der Waals surface area contributed by atoms with Gasteiger partial charge in [-0.3, -0.25) is 15.2 Å². The molecule has 1 heterocycles. The van der Waals surface area contributed by atoms with Gasteiger partial charge in [0.05, 0.1) is 5.56 Å². The monoisotopic (exact) mass is 232 g/mol. The van der Waals surface area contributed by atoms with Crippen molar-refractivity contribution in [3.05, 3.63) is 46.1 Å². The quantitative estimate of drug-likeness (QED) is 0.152. The van der Waals surface area contributed by atoms with Crippen molar-refractivity contribution < 1.29 is 4.79 Å². The minimum absolute atomic E-state index is 0.387. The molecule has 0 fully saturated rings. The molecule has 7 heteroatoms. The summed E-state index contributed by atoms with van der Waals surface area (Å²) < 4.78 is 0. The smallest absolute Gasteiger partial charge is 0.266 e. The molecule has 0 aliphatic carbocycles. The molecule has 1 amide bonds. The van der Waals surface area contributed by atoms with Crippen LogP contribution in [0, 0.1) is 0 Å². The summed E-state index contributed by atoms with van der Waals surface area (Å²) in [6.45, 7) is 0.406. The standard InChI is InChI=1S/C10H12N6O/c11-15-10(17)9-5-8(6-13-7-9)3-1-2-4-14-16-12/h1,3,5-7H,2,4,11H2,(H,15,17). The summed E-state index contributed by atoms with van der Waals surface area (Å²) in [5.41, 5.74) is 11.3. The molecule has 0 aliphatic heterocycles. The highest BCUT2D eigenvalue weighted by molar-refractivity contribution is 5.93. The molecule has 17 heavy (non-hydrogen) atoms. The Balaban J connectivity index is 2.65. The third-order valence-electron chi connectivity index (χ3n) is 1.92. The Labute approximate surface area is 97.9 Å². The number of azide groups is 1. The Morgan fingerprint density at radius 2 is 2.47 bits per heavy atom. The van der Waals surface area contributed by atoms with Crippen molar-refractivity contribution in [1.82, 2.24) is 10.4 Å². The number of aromatic nitrogens is 1. The van der Waals surface area contributed by atoms with Gasteiger partial charge in [-0.05, 0) is 23.6 Å². The molecule has 3 N–H and O–H groups in total. The molecule has 88 valence electrons. The molecule has 1 rings (SSSR count). The van der Waals surface area contributed by atoms with Crippen LogP contribution < -0.4 is 11.3 Å². The van der Waals surface area contributed by atoms with Gasteiger partial charge in [-0.25, -0.2) is 5.84 Å². The van der Waals surface area contributed by atoms with Crippen LogP contribution in [0.1, 0.15) is 22.3 Å². The highest BCUT2D eigenvalue weighted by Crippen LogP contribution is 2.05. The number of hydrogen-bond donors (Lipinski definition) is 2. The van der Waals surface area contributed by atoms with Gasteiger partial charge in [0.15, 0.2) is 0 Å². The first kappa shape index (κ1) is 12.7. The summed E-state index contributed by atoms with van der Waals surface area (Å²) in [4.78, 5) is 17.8. The molecule has 0 saturated heterocycles. The molecule has 0 saturated carbocycles. The first-order valence-electron chi connectivity index (χ1n) is 4.91. The molecule has 0 atom stereocenters. The Kier molecular flexibility index (Phi) is 5.23. The minimum Gasteiger partial charge on any atom is -0.290 e. The molecular formula is C10H12N6O. The SMILES string of the molecule is [N-]=[N+]=NCCC=Cc1cncc(C(=O)NN)c1. The predicted octanol–water partition coefficient (Wildman–Crippen LogP) is 1.40. The number of carbonyl (C=O) groups excluding carboxylic acids is 1. The zero-order chi connectivity index (χ0) is 12.5. The third kappa shape index (κ3) is 4.33. The van der Waals surface area contributed by atoms with Gasteiger partial charge in [0.2, 0.25) is 0 Å². The van der Waals surface area contributed by atoms with Crippen LogP contribution in [0.5, 0.6) is 0 Å². The van der Waals surface area contributed by atoms with Gasteiger partial charge < -0.3 is 0 Å². The predicted molar refractivity (Wildman–Crippen MR) is 63.6 cm³/mol. The van der Waals surface area contributed by atoms with E-state index >= 15 is 0 Å². The summed E-state index contributed by atoms with van der Waals surface area (Å²) >= 11 is 0. The lowest BCUT2D eigenvalue weighted by Gasteiger charge is -1.99. The highest BCUT2D eigenvalue weighted by atomic mass is 16.2. The molecular weight excluding hydrogens is 220 g/mol. The van der Waals surface area contributed by atoms with E-state index in [9.17, 15) is 4.79 Å². The van der Waals surface area contributed by atoms with Gasteiger partial charge in [0, 0.05) is 23.9 Å². The average Bonchev–Trinajstić information content (AvgIpc) is 2.38. The molecule has 0 spiro atoms. The van der Waals surface area contributed by atoms with Gasteiger partial charge in [-0.1, -0.05) is 17.3 Å². The van der Waals surface area contributed by atoms with E-state index in [-0.39, 0.29) is 5.91 Å². The van der Waals surface area contributed by atoms with Crippen LogP contribution in [0.25, 0.3) is 16.5 Å². The Morgan fingerprint density at radius 1 is 1.65 bits per heavy atom.